The number of anilines is 3. The molecule has 3 aromatic carbocycles. The molecule has 11 nitrogen and oxygen atoms in total. The van der Waals surface area contributed by atoms with Crippen molar-refractivity contribution < 1.29 is 23.5 Å². The molecular formula is C39H47ClFN7O4. The zero-order valence-electron chi connectivity index (χ0n) is 30.7. The smallest absolute Gasteiger partial charge is 0.262 e. The molecule has 1 aliphatic rings. The molecule has 0 atom stereocenters. The Kier molecular flexibility index (Phi) is 13.0. The molecule has 52 heavy (non-hydrogen) atoms. The van der Waals surface area contributed by atoms with Crippen molar-refractivity contribution in [3.05, 3.63) is 93.4 Å². The molecule has 4 aromatic rings. The van der Waals surface area contributed by atoms with Crippen LogP contribution in [-0.2, 0) is 0 Å². The zero-order chi connectivity index (χ0) is 37.4. The van der Waals surface area contributed by atoms with Crippen LogP contribution in [0.3, 0.4) is 0 Å². The molecule has 2 amide bonds. The van der Waals surface area contributed by atoms with Crippen LogP contribution in [0.15, 0.2) is 54.7 Å². The summed E-state index contributed by atoms with van der Waals surface area (Å²) in [5.41, 5.74) is 4.34. The summed E-state index contributed by atoms with van der Waals surface area (Å²) in [6, 6.07) is 13.2. The molecule has 0 radical (unpaired) electrons. The number of nitrogens with one attached hydrogen (secondary N) is 2. The topological polar surface area (TPSA) is 112 Å². The molecule has 0 spiro atoms. The minimum absolute atomic E-state index is 0.0378. The Morgan fingerprint density at radius 1 is 0.962 bits per heavy atom. The molecule has 1 saturated heterocycles. The second-order valence-electron chi connectivity index (χ2n) is 13.0. The number of aryl methyl sites for hydroxylation is 3. The number of halogens is 2. The van der Waals surface area contributed by atoms with Crippen molar-refractivity contribution in [1.82, 2.24) is 24.7 Å². The second kappa shape index (κ2) is 17.6. The number of likely N-dealkylation sites (N-methyl/N-ethyl adjacent to an activating group) is 1. The van der Waals surface area contributed by atoms with Gasteiger partial charge in [0.25, 0.3) is 11.8 Å². The Morgan fingerprint density at radius 2 is 1.65 bits per heavy atom. The van der Waals surface area contributed by atoms with Crippen molar-refractivity contribution in [1.29, 1.82) is 0 Å². The van der Waals surface area contributed by atoms with E-state index in [2.05, 4.69) is 37.4 Å². The molecule has 276 valence electrons. The number of carbonyl (C=O) groups excluding carboxylic acids is 2. The fraction of sp³-hybridized carbons (Fsp3) is 0.385. The first-order valence-electron chi connectivity index (χ1n) is 17.6. The van der Waals surface area contributed by atoms with Gasteiger partial charge in [-0.1, -0.05) is 29.3 Å². The minimum Gasteiger partial charge on any atom is -0.490 e. The molecular weight excluding hydrogens is 685 g/mol. The summed E-state index contributed by atoms with van der Waals surface area (Å²) in [6.07, 6.45) is 2.13. The SMILES string of the molecule is CCN(CC)C(=O)c1ccc(Oc2nc(Nc3ccc(OCCCN4CCN(C)CC4)c(F)c3)ncc2C(=O)Nc2c(C)cc(C)cc2C)c(Cl)c1. The quantitative estimate of drug-likeness (QED) is 0.128. The summed E-state index contributed by atoms with van der Waals surface area (Å²) >= 11 is 6.61. The maximum Gasteiger partial charge on any atom is 0.262 e. The van der Waals surface area contributed by atoms with Crippen LogP contribution in [0.4, 0.5) is 21.7 Å². The monoisotopic (exact) mass is 731 g/mol. The van der Waals surface area contributed by atoms with Crippen molar-refractivity contribution in [2.24, 2.45) is 0 Å². The second-order valence-corrected chi connectivity index (χ2v) is 13.4. The van der Waals surface area contributed by atoms with E-state index >= 15 is 4.39 Å². The number of piperazine rings is 1. The Balaban J connectivity index is 1.35. The van der Waals surface area contributed by atoms with Gasteiger partial charge in [-0.2, -0.15) is 4.98 Å². The van der Waals surface area contributed by atoms with Gasteiger partial charge in [-0.25, -0.2) is 9.37 Å². The van der Waals surface area contributed by atoms with E-state index in [-0.39, 0.29) is 39.8 Å². The van der Waals surface area contributed by atoms with Crippen molar-refractivity contribution in [2.75, 3.05) is 70.1 Å². The number of ether oxygens (including phenoxy) is 2. The summed E-state index contributed by atoms with van der Waals surface area (Å²) in [5, 5.41) is 6.12. The predicted octanol–water partition coefficient (Wildman–Crippen LogP) is 7.48. The first kappa shape index (κ1) is 38.5. The highest BCUT2D eigenvalue weighted by atomic mass is 35.5. The standard InChI is InChI=1S/C39H47ClFN7O4/c1-7-48(8-2)38(50)28-10-12-33(31(40)22-28)52-37-30(36(49)44-35-26(4)20-25(3)21-27(35)5)24-42-39(45-37)43-29-11-13-34(32(41)23-29)51-19-9-14-47-17-15-46(6)16-18-47/h10-13,20-24H,7-9,14-19H2,1-6H3,(H,44,49)(H,42,43,45). The summed E-state index contributed by atoms with van der Waals surface area (Å²) in [7, 11) is 2.12. The highest BCUT2D eigenvalue weighted by molar-refractivity contribution is 6.32. The van der Waals surface area contributed by atoms with Crippen molar-refractivity contribution >= 4 is 40.7 Å². The Hall–Kier alpha value is -4.78. The number of nitrogens with zero attached hydrogens (tertiary/aromatic N) is 5. The molecule has 0 unspecified atom stereocenters. The van der Waals surface area contributed by atoms with Gasteiger partial charge in [0.2, 0.25) is 11.8 Å². The summed E-state index contributed by atoms with van der Waals surface area (Å²) in [6.45, 7) is 16.2. The van der Waals surface area contributed by atoms with Crippen LogP contribution in [0.2, 0.25) is 5.02 Å². The maximum atomic E-state index is 15.1. The Morgan fingerprint density at radius 3 is 2.31 bits per heavy atom. The zero-order valence-corrected chi connectivity index (χ0v) is 31.4. The van der Waals surface area contributed by atoms with E-state index in [1.165, 1.54) is 18.3 Å². The average Bonchev–Trinajstić information content (AvgIpc) is 3.11. The van der Waals surface area contributed by atoms with E-state index in [1.807, 2.05) is 46.8 Å². The minimum atomic E-state index is -0.535. The molecule has 1 fully saturated rings. The van der Waals surface area contributed by atoms with Crippen LogP contribution in [0.1, 0.15) is 57.7 Å². The van der Waals surface area contributed by atoms with Crippen molar-refractivity contribution in [3.8, 4) is 17.4 Å². The van der Waals surface area contributed by atoms with Crippen LogP contribution in [-0.4, -0.2) is 95.9 Å². The van der Waals surface area contributed by atoms with Crippen LogP contribution < -0.4 is 20.1 Å². The molecule has 2 N–H and O–H groups in total. The lowest BCUT2D eigenvalue weighted by atomic mass is 10.0. The maximum absolute atomic E-state index is 15.1. The molecule has 5 rings (SSSR count). The highest BCUT2D eigenvalue weighted by Crippen LogP contribution is 2.33. The molecule has 1 aliphatic heterocycles. The fourth-order valence-corrected chi connectivity index (χ4v) is 6.32. The Labute approximate surface area is 310 Å². The molecule has 2 heterocycles. The molecule has 0 bridgehead atoms. The predicted molar refractivity (Wildman–Crippen MR) is 203 cm³/mol. The van der Waals surface area contributed by atoms with Crippen LogP contribution in [0, 0.1) is 26.6 Å². The van der Waals surface area contributed by atoms with E-state index in [0.717, 1.165) is 55.8 Å². The van der Waals surface area contributed by atoms with Gasteiger partial charge in [-0.15, -0.1) is 0 Å². The van der Waals surface area contributed by atoms with Gasteiger partial charge in [0, 0.05) is 75.0 Å². The number of rotatable bonds is 14. The highest BCUT2D eigenvalue weighted by Gasteiger charge is 2.22. The van der Waals surface area contributed by atoms with Gasteiger partial charge in [0.15, 0.2) is 11.6 Å². The van der Waals surface area contributed by atoms with Gasteiger partial charge in [-0.3, -0.25) is 9.59 Å². The van der Waals surface area contributed by atoms with Gasteiger partial charge in [-0.05, 0) is 89.5 Å². The summed E-state index contributed by atoms with van der Waals surface area (Å²) in [5.74, 6) is -0.903. The van der Waals surface area contributed by atoms with Gasteiger partial charge < -0.3 is 34.8 Å². The fourth-order valence-electron chi connectivity index (χ4n) is 6.10. The van der Waals surface area contributed by atoms with E-state index in [4.69, 9.17) is 21.1 Å². The molecule has 13 heteroatoms. The number of amides is 2. The first-order valence-corrected chi connectivity index (χ1v) is 18.0. The van der Waals surface area contributed by atoms with E-state index < -0.39 is 11.7 Å². The van der Waals surface area contributed by atoms with Crippen molar-refractivity contribution in [2.45, 2.75) is 41.0 Å². The Bertz CT molecular complexity index is 1870. The number of hydrogen-bond donors (Lipinski definition) is 2. The third-order valence-electron chi connectivity index (χ3n) is 9.01. The summed E-state index contributed by atoms with van der Waals surface area (Å²) in [4.78, 5) is 41.9. The average molecular weight is 732 g/mol. The third kappa shape index (κ3) is 9.75. The number of benzene rings is 3. The van der Waals surface area contributed by atoms with Crippen LogP contribution in [0.25, 0.3) is 0 Å². The van der Waals surface area contributed by atoms with Crippen molar-refractivity contribution in [3.63, 3.8) is 0 Å². The largest absolute Gasteiger partial charge is 0.490 e. The number of hydrogen-bond acceptors (Lipinski definition) is 9. The first-order chi connectivity index (χ1) is 24.9. The third-order valence-corrected chi connectivity index (χ3v) is 9.31. The summed E-state index contributed by atoms with van der Waals surface area (Å²) < 4.78 is 27.0. The molecule has 0 aliphatic carbocycles. The van der Waals surface area contributed by atoms with Gasteiger partial charge in [0.05, 0.1) is 11.6 Å². The van der Waals surface area contributed by atoms with Gasteiger partial charge >= 0.3 is 0 Å². The van der Waals surface area contributed by atoms with E-state index in [9.17, 15) is 9.59 Å². The number of carbonyl (C=O) groups is 2. The van der Waals surface area contributed by atoms with E-state index in [1.54, 1.807) is 29.2 Å². The molecule has 0 saturated carbocycles. The normalized spacial score (nSPS) is 13.5. The van der Waals surface area contributed by atoms with Crippen LogP contribution >= 0.6 is 11.6 Å². The van der Waals surface area contributed by atoms with Crippen LogP contribution in [0.5, 0.6) is 17.4 Å². The molecule has 1 aromatic heterocycles. The van der Waals surface area contributed by atoms with Gasteiger partial charge in [0.1, 0.15) is 11.3 Å². The number of aromatic nitrogens is 2. The lowest BCUT2D eigenvalue weighted by Crippen LogP contribution is -2.44. The lowest BCUT2D eigenvalue weighted by molar-refractivity contribution is 0.0772. The lowest BCUT2D eigenvalue weighted by Gasteiger charge is -2.32. The van der Waals surface area contributed by atoms with E-state index in [0.29, 0.717) is 36.6 Å².